The molecular formula is C24H27ClN2O5S2. The quantitative estimate of drug-likeness (QED) is 0.348. The van der Waals surface area contributed by atoms with Crippen LogP contribution in [0.2, 0.25) is 5.02 Å². The monoisotopic (exact) mass is 522 g/mol. The molecule has 1 unspecified atom stereocenters. The third-order valence-electron chi connectivity index (χ3n) is 6.70. The number of hydrogen-bond donors (Lipinski definition) is 2. The number of allylic oxidation sites excluding steroid dienone is 2. The van der Waals surface area contributed by atoms with Crippen LogP contribution in [-0.2, 0) is 24.2 Å². The summed E-state index contributed by atoms with van der Waals surface area (Å²) in [7, 11) is -3.84. The van der Waals surface area contributed by atoms with Gasteiger partial charge in [-0.1, -0.05) is 35.9 Å². The van der Waals surface area contributed by atoms with Gasteiger partial charge in [0.05, 0.1) is 12.2 Å². The van der Waals surface area contributed by atoms with Crippen molar-refractivity contribution in [1.29, 1.82) is 0 Å². The number of carbonyl (C=O) groups is 2. The van der Waals surface area contributed by atoms with Crippen molar-refractivity contribution in [3.8, 4) is 10.4 Å². The van der Waals surface area contributed by atoms with Crippen LogP contribution < -0.4 is 5.48 Å². The van der Waals surface area contributed by atoms with Gasteiger partial charge in [-0.2, -0.15) is 0 Å². The minimum absolute atomic E-state index is 0.0324. The maximum Gasteiger partial charge on any atom is 0.245 e. The van der Waals surface area contributed by atoms with E-state index in [0.29, 0.717) is 16.3 Å². The van der Waals surface area contributed by atoms with E-state index in [2.05, 4.69) is 6.08 Å². The van der Waals surface area contributed by atoms with Gasteiger partial charge in [0.1, 0.15) is 4.75 Å². The summed E-state index contributed by atoms with van der Waals surface area (Å²) >= 11 is 7.29. The molecule has 2 N–H and O–H groups in total. The Hall–Kier alpha value is -2.20. The zero-order chi connectivity index (χ0) is 24.3. The first-order chi connectivity index (χ1) is 16.3. The molecule has 2 amide bonds. The van der Waals surface area contributed by atoms with Crippen LogP contribution in [0, 0.1) is 5.92 Å². The zero-order valence-corrected chi connectivity index (χ0v) is 21.0. The van der Waals surface area contributed by atoms with Gasteiger partial charge in [0.2, 0.25) is 11.8 Å². The molecule has 0 radical (unpaired) electrons. The van der Waals surface area contributed by atoms with Gasteiger partial charge in [0.25, 0.3) is 0 Å². The van der Waals surface area contributed by atoms with Crippen LogP contribution in [0.4, 0.5) is 0 Å². The van der Waals surface area contributed by atoms with Gasteiger partial charge in [-0.25, -0.2) is 13.9 Å². The van der Waals surface area contributed by atoms with E-state index in [1.165, 1.54) is 11.3 Å². The average molecular weight is 523 g/mol. The summed E-state index contributed by atoms with van der Waals surface area (Å²) in [4.78, 5) is 28.4. The number of benzene rings is 1. The summed E-state index contributed by atoms with van der Waals surface area (Å²) in [5.41, 5.74) is 2.48. The van der Waals surface area contributed by atoms with Crippen LogP contribution in [-0.4, -0.2) is 49.2 Å². The summed E-state index contributed by atoms with van der Waals surface area (Å²) in [6, 6.07) is 10.8. The SMILES string of the molecule is O=C(C[C@]1(c2ccc(-c3ccc(Cl)cc3)s2)CCN(C(=O)C2CC=CCC2)CCS1(=O)=O)NO. The van der Waals surface area contributed by atoms with Crippen LogP contribution in [0.1, 0.15) is 37.0 Å². The largest absolute Gasteiger partial charge is 0.341 e. The number of hydrogen-bond acceptors (Lipinski definition) is 6. The molecule has 0 bridgehead atoms. The highest BCUT2D eigenvalue weighted by atomic mass is 35.5. The second-order valence-electron chi connectivity index (χ2n) is 8.75. The number of nitrogens with zero attached hydrogens (tertiary/aromatic N) is 1. The molecule has 1 saturated heterocycles. The number of carbonyl (C=O) groups excluding carboxylic acids is 2. The predicted octanol–water partition coefficient (Wildman–Crippen LogP) is 4.16. The fourth-order valence-electron chi connectivity index (χ4n) is 4.72. The molecule has 2 atom stereocenters. The third-order valence-corrected chi connectivity index (χ3v) is 10.9. The molecule has 1 aliphatic heterocycles. The van der Waals surface area contributed by atoms with Crippen molar-refractivity contribution >= 4 is 44.6 Å². The van der Waals surface area contributed by atoms with Crippen LogP contribution in [0.15, 0.2) is 48.6 Å². The van der Waals surface area contributed by atoms with Crippen molar-refractivity contribution < 1.29 is 23.2 Å². The Morgan fingerprint density at radius 3 is 2.59 bits per heavy atom. The number of halogens is 1. The Bertz CT molecular complexity index is 1190. The maximum absolute atomic E-state index is 13.7. The first-order valence-corrected chi connectivity index (χ1v) is 14.1. The average Bonchev–Trinajstić information content (AvgIpc) is 3.29. The fourth-order valence-corrected chi connectivity index (χ4v) is 8.45. The van der Waals surface area contributed by atoms with E-state index in [4.69, 9.17) is 11.6 Å². The molecule has 2 aliphatic rings. The Morgan fingerprint density at radius 1 is 1.15 bits per heavy atom. The first kappa shape index (κ1) is 24.9. The number of rotatable bonds is 5. The van der Waals surface area contributed by atoms with Crippen LogP contribution >= 0.6 is 22.9 Å². The highest BCUT2D eigenvalue weighted by Gasteiger charge is 2.50. The van der Waals surface area contributed by atoms with Crippen LogP contribution in [0.5, 0.6) is 0 Å². The van der Waals surface area contributed by atoms with Crippen molar-refractivity contribution in [2.45, 2.75) is 36.9 Å². The van der Waals surface area contributed by atoms with Gasteiger partial charge in [-0.3, -0.25) is 14.8 Å². The lowest BCUT2D eigenvalue weighted by atomic mass is 9.92. The normalized spacial score (nSPS) is 24.4. The molecule has 0 saturated carbocycles. The molecule has 1 aromatic carbocycles. The van der Waals surface area contributed by atoms with E-state index >= 15 is 0 Å². The van der Waals surface area contributed by atoms with Gasteiger partial charge in [-0.15, -0.1) is 11.3 Å². The number of thiophene rings is 1. The minimum atomic E-state index is -3.84. The molecule has 7 nitrogen and oxygen atoms in total. The lowest BCUT2D eigenvalue weighted by molar-refractivity contribution is -0.135. The Morgan fingerprint density at radius 2 is 1.91 bits per heavy atom. The van der Waals surface area contributed by atoms with E-state index in [1.807, 2.05) is 24.3 Å². The first-order valence-electron chi connectivity index (χ1n) is 11.2. The molecule has 10 heteroatoms. The zero-order valence-electron chi connectivity index (χ0n) is 18.6. The van der Waals surface area contributed by atoms with Crippen LogP contribution in [0.3, 0.4) is 0 Å². The third kappa shape index (κ3) is 4.93. The van der Waals surface area contributed by atoms with E-state index in [9.17, 15) is 23.2 Å². The van der Waals surface area contributed by atoms with Crippen molar-refractivity contribution in [3.63, 3.8) is 0 Å². The lowest BCUT2D eigenvalue weighted by Gasteiger charge is -2.31. The number of hydroxylamine groups is 1. The van der Waals surface area contributed by atoms with Crippen molar-refractivity contribution in [1.82, 2.24) is 10.4 Å². The summed E-state index contributed by atoms with van der Waals surface area (Å²) < 4.78 is 25.8. The summed E-state index contributed by atoms with van der Waals surface area (Å²) in [5, 5.41) is 9.81. The van der Waals surface area contributed by atoms with Gasteiger partial charge >= 0.3 is 0 Å². The number of nitrogens with one attached hydrogen (secondary N) is 1. The second-order valence-corrected chi connectivity index (χ2v) is 12.7. The molecule has 1 aromatic heterocycles. The Kier molecular flexibility index (Phi) is 7.47. The predicted molar refractivity (Wildman–Crippen MR) is 132 cm³/mol. The molecule has 34 heavy (non-hydrogen) atoms. The molecule has 4 rings (SSSR count). The molecule has 1 aliphatic carbocycles. The highest BCUT2D eigenvalue weighted by Crippen LogP contribution is 2.45. The van der Waals surface area contributed by atoms with Crippen molar-refractivity contribution in [3.05, 3.63) is 58.5 Å². The van der Waals surface area contributed by atoms with Crippen molar-refractivity contribution in [2.75, 3.05) is 18.8 Å². The number of amides is 2. The molecule has 2 heterocycles. The van der Waals surface area contributed by atoms with E-state index in [1.54, 1.807) is 28.6 Å². The molecule has 2 aromatic rings. The Labute approximate surface area is 208 Å². The minimum Gasteiger partial charge on any atom is -0.341 e. The summed E-state index contributed by atoms with van der Waals surface area (Å²) in [5.74, 6) is -1.19. The highest BCUT2D eigenvalue weighted by molar-refractivity contribution is 7.92. The standard InChI is InChI=1S/C24H27ClN2O5S2/c25-19-8-6-17(7-9-19)20-10-11-21(33-20)24(16-22(28)26-30)12-13-27(14-15-34(24,31)32)23(29)18-4-2-1-3-5-18/h1-2,6-11,18,30H,3-5,12-16H2,(H,26,28)/t18?,24-/m0/s1. The second kappa shape index (κ2) is 10.2. The maximum atomic E-state index is 13.7. The fraction of sp³-hybridized carbons (Fsp3) is 0.417. The molecule has 1 fully saturated rings. The van der Waals surface area contributed by atoms with Crippen molar-refractivity contribution in [2.24, 2.45) is 5.92 Å². The Balaban J connectivity index is 1.69. The summed E-state index contributed by atoms with van der Waals surface area (Å²) in [6.45, 7) is 0.324. The summed E-state index contributed by atoms with van der Waals surface area (Å²) in [6.07, 6.45) is 5.98. The molecule has 182 valence electrons. The van der Waals surface area contributed by atoms with Gasteiger partial charge in [0.15, 0.2) is 9.84 Å². The van der Waals surface area contributed by atoms with Gasteiger partial charge in [0, 0.05) is 33.8 Å². The smallest absolute Gasteiger partial charge is 0.245 e. The van der Waals surface area contributed by atoms with E-state index < -0.39 is 26.9 Å². The van der Waals surface area contributed by atoms with Gasteiger partial charge in [-0.05, 0) is 55.5 Å². The lowest BCUT2D eigenvalue weighted by Crippen LogP contribution is -2.41. The van der Waals surface area contributed by atoms with E-state index in [0.717, 1.165) is 23.3 Å². The molecule has 0 spiro atoms. The van der Waals surface area contributed by atoms with Gasteiger partial charge < -0.3 is 4.90 Å². The molecular weight excluding hydrogens is 496 g/mol. The van der Waals surface area contributed by atoms with E-state index in [-0.39, 0.29) is 37.1 Å². The number of sulfone groups is 1. The van der Waals surface area contributed by atoms with Crippen LogP contribution in [0.25, 0.3) is 10.4 Å². The topological polar surface area (TPSA) is 104 Å².